The maximum absolute atomic E-state index is 12.5. The molecule has 1 aliphatic rings. The summed E-state index contributed by atoms with van der Waals surface area (Å²) in [7, 11) is 1.54. The van der Waals surface area contributed by atoms with Crippen LogP contribution in [0.2, 0.25) is 0 Å². The second-order valence-corrected chi connectivity index (χ2v) is 8.74. The molecule has 0 bridgehead atoms. The predicted molar refractivity (Wildman–Crippen MR) is 131 cm³/mol. The van der Waals surface area contributed by atoms with Crippen LogP contribution in [0, 0.1) is 5.92 Å². The molecule has 4 rings (SSSR count). The fourth-order valence-corrected chi connectivity index (χ4v) is 4.56. The highest BCUT2D eigenvalue weighted by molar-refractivity contribution is 6.03. The van der Waals surface area contributed by atoms with E-state index in [9.17, 15) is 9.59 Å². The minimum atomic E-state index is -0.587. The summed E-state index contributed by atoms with van der Waals surface area (Å²) < 4.78 is 6.98. The third kappa shape index (κ3) is 5.06. The Morgan fingerprint density at radius 3 is 2.47 bits per heavy atom. The topological polar surface area (TPSA) is 125 Å². The zero-order valence-corrected chi connectivity index (χ0v) is 19.4. The van der Waals surface area contributed by atoms with Gasteiger partial charge in [0.2, 0.25) is 0 Å². The van der Waals surface area contributed by atoms with Crippen LogP contribution < -0.4 is 21.5 Å². The summed E-state index contributed by atoms with van der Waals surface area (Å²) >= 11 is 0. The van der Waals surface area contributed by atoms with E-state index in [1.54, 1.807) is 22.9 Å². The summed E-state index contributed by atoms with van der Waals surface area (Å²) in [6, 6.07) is 14.6. The van der Waals surface area contributed by atoms with Gasteiger partial charge in [-0.25, -0.2) is 4.68 Å². The molecule has 178 valence electrons. The quantitative estimate of drug-likeness (QED) is 0.471. The van der Waals surface area contributed by atoms with E-state index < -0.39 is 5.91 Å². The average Bonchev–Trinajstić information content (AvgIpc) is 3.19. The van der Waals surface area contributed by atoms with Crippen molar-refractivity contribution in [2.45, 2.75) is 45.2 Å². The first-order chi connectivity index (χ1) is 16.5. The number of anilines is 1. The molecule has 0 saturated heterocycles. The van der Waals surface area contributed by atoms with E-state index >= 15 is 0 Å². The molecule has 0 aliphatic heterocycles. The summed E-state index contributed by atoms with van der Waals surface area (Å²) in [6.45, 7) is 1.04. The summed E-state index contributed by atoms with van der Waals surface area (Å²) in [5.74, 6) is 0.554. The Kier molecular flexibility index (Phi) is 7.15. The van der Waals surface area contributed by atoms with Crippen molar-refractivity contribution in [2.75, 3.05) is 12.8 Å². The fourth-order valence-electron chi connectivity index (χ4n) is 4.56. The molecule has 0 atom stereocenters. The van der Waals surface area contributed by atoms with Crippen molar-refractivity contribution in [3.05, 3.63) is 65.2 Å². The SMILES string of the molecule is COc1ccccc1C(=O)NCc1ccc(-c2nn(CC3CCCCC3)c(N)c2C(N)=O)cc1. The molecule has 0 unspecified atom stereocenters. The predicted octanol–water partition coefficient (Wildman–Crippen LogP) is 3.75. The van der Waals surface area contributed by atoms with Gasteiger partial charge in [0.25, 0.3) is 11.8 Å². The number of nitrogens with zero attached hydrogens (tertiary/aromatic N) is 2. The van der Waals surface area contributed by atoms with Crippen LogP contribution in [-0.4, -0.2) is 28.7 Å². The Morgan fingerprint density at radius 2 is 1.79 bits per heavy atom. The maximum Gasteiger partial charge on any atom is 0.255 e. The van der Waals surface area contributed by atoms with Crippen LogP contribution in [-0.2, 0) is 13.1 Å². The molecule has 1 heterocycles. The molecule has 2 aromatic carbocycles. The van der Waals surface area contributed by atoms with Crippen LogP contribution in [0.15, 0.2) is 48.5 Å². The Balaban J connectivity index is 1.49. The number of benzene rings is 2. The molecular weight excluding hydrogens is 430 g/mol. The van der Waals surface area contributed by atoms with Gasteiger partial charge in [-0.3, -0.25) is 9.59 Å². The lowest BCUT2D eigenvalue weighted by Gasteiger charge is -2.21. The van der Waals surface area contributed by atoms with Gasteiger partial charge in [-0.1, -0.05) is 55.7 Å². The molecule has 34 heavy (non-hydrogen) atoms. The van der Waals surface area contributed by atoms with Gasteiger partial charge >= 0.3 is 0 Å². The monoisotopic (exact) mass is 461 g/mol. The van der Waals surface area contributed by atoms with E-state index in [0.29, 0.717) is 41.8 Å². The lowest BCUT2D eigenvalue weighted by atomic mass is 9.89. The number of carbonyl (C=O) groups excluding carboxylic acids is 2. The summed E-state index contributed by atoms with van der Waals surface area (Å²) in [5, 5.41) is 7.57. The maximum atomic E-state index is 12.5. The number of amides is 2. The number of nitrogens with two attached hydrogens (primary N) is 2. The van der Waals surface area contributed by atoms with Gasteiger partial charge in [0.1, 0.15) is 22.8 Å². The van der Waals surface area contributed by atoms with Crippen molar-refractivity contribution < 1.29 is 14.3 Å². The standard InChI is InChI=1S/C26H31N5O3/c1-34-21-10-6-5-9-20(21)26(33)29-15-17-11-13-19(14-12-17)23-22(25(28)32)24(27)31(30-23)16-18-7-3-2-4-8-18/h5-6,9-14,18H,2-4,7-8,15-16,27H2,1H3,(H2,28,32)(H,29,33). The van der Waals surface area contributed by atoms with Gasteiger partial charge in [0.05, 0.1) is 12.7 Å². The molecule has 2 amide bonds. The Hall–Kier alpha value is -3.81. The number of hydrogen-bond acceptors (Lipinski definition) is 5. The number of aromatic nitrogens is 2. The second-order valence-electron chi connectivity index (χ2n) is 8.74. The lowest BCUT2D eigenvalue weighted by Crippen LogP contribution is -2.23. The summed E-state index contributed by atoms with van der Waals surface area (Å²) in [4.78, 5) is 24.7. The first-order valence-electron chi connectivity index (χ1n) is 11.6. The molecule has 8 nitrogen and oxygen atoms in total. The third-order valence-electron chi connectivity index (χ3n) is 6.43. The highest BCUT2D eigenvalue weighted by Gasteiger charge is 2.24. The van der Waals surface area contributed by atoms with Crippen LogP contribution in [0.1, 0.15) is 58.4 Å². The van der Waals surface area contributed by atoms with E-state index in [-0.39, 0.29) is 11.5 Å². The Labute approximate surface area is 199 Å². The normalized spacial score (nSPS) is 14.0. The molecule has 5 N–H and O–H groups in total. The number of nitrogens with one attached hydrogen (secondary N) is 1. The number of hydrogen-bond donors (Lipinski definition) is 3. The van der Waals surface area contributed by atoms with Crippen molar-refractivity contribution in [1.29, 1.82) is 0 Å². The van der Waals surface area contributed by atoms with E-state index in [1.165, 1.54) is 26.4 Å². The first-order valence-corrected chi connectivity index (χ1v) is 11.6. The van der Waals surface area contributed by atoms with Crippen LogP contribution in [0.3, 0.4) is 0 Å². The van der Waals surface area contributed by atoms with Crippen LogP contribution in [0.25, 0.3) is 11.3 Å². The van der Waals surface area contributed by atoms with Gasteiger partial charge in [-0.05, 0) is 36.5 Å². The number of carbonyl (C=O) groups is 2. The fraction of sp³-hybridized carbons (Fsp3) is 0.346. The second kappa shape index (κ2) is 10.4. The van der Waals surface area contributed by atoms with Crippen molar-refractivity contribution in [2.24, 2.45) is 11.7 Å². The number of rotatable bonds is 8. The molecule has 0 spiro atoms. The Morgan fingerprint density at radius 1 is 1.09 bits per heavy atom. The van der Waals surface area contributed by atoms with Gasteiger partial charge in [-0.15, -0.1) is 0 Å². The molecular formula is C26H31N5O3. The lowest BCUT2D eigenvalue weighted by molar-refractivity contribution is 0.0946. The van der Waals surface area contributed by atoms with Crippen molar-refractivity contribution in [1.82, 2.24) is 15.1 Å². The number of nitrogen functional groups attached to an aromatic ring is 1. The van der Waals surface area contributed by atoms with Crippen LogP contribution >= 0.6 is 0 Å². The third-order valence-corrected chi connectivity index (χ3v) is 6.43. The summed E-state index contributed by atoms with van der Waals surface area (Å²) in [6.07, 6.45) is 6.01. The number of primary amides is 1. The minimum Gasteiger partial charge on any atom is -0.496 e. The molecule has 0 radical (unpaired) electrons. The van der Waals surface area contributed by atoms with Gasteiger partial charge in [-0.2, -0.15) is 5.10 Å². The largest absolute Gasteiger partial charge is 0.496 e. The van der Waals surface area contributed by atoms with Gasteiger partial charge in [0.15, 0.2) is 0 Å². The molecule has 3 aromatic rings. The van der Waals surface area contributed by atoms with Gasteiger partial charge in [0, 0.05) is 18.7 Å². The molecule has 1 saturated carbocycles. The van der Waals surface area contributed by atoms with Crippen LogP contribution in [0.5, 0.6) is 5.75 Å². The molecule has 1 aromatic heterocycles. The van der Waals surface area contributed by atoms with Crippen LogP contribution in [0.4, 0.5) is 5.82 Å². The van der Waals surface area contributed by atoms with E-state index in [1.807, 2.05) is 30.3 Å². The van der Waals surface area contributed by atoms with Crippen molar-refractivity contribution in [3.63, 3.8) is 0 Å². The Bertz CT molecular complexity index is 1160. The smallest absolute Gasteiger partial charge is 0.255 e. The first kappa shape index (κ1) is 23.4. The van der Waals surface area contributed by atoms with Gasteiger partial charge < -0.3 is 21.5 Å². The minimum absolute atomic E-state index is 0.216. The number of methoxy groups -OCH3 is 1. The van der Waals surface area contributed by atoms with E-state index in [4.69, 9.17) is 16.2 Å². The van der Waals surface area contributed by atoms with E-state index in [2.05, 4.69) is 10.4 Å². The van der Waals surface area contributed by atoms with Crippen molar-refractivity contribution >= 4 is 17.6 Å². The highest BCUT2D eigenvalue weighted by atomic mass is 16.5. The summed E-state index contributed by atoms with van der Waals surface area (Å²) in [5.41, 5.74) is 14.8. The van der Waals surface area contributed by atoms with Crippen molar-refractivity contribution in [3.8, 4) is 17.0 Å². The highest BCUT2D eigenvalue weighted by Crippen LogP contribution is 2.30. The number of ether oxygens (including phenoxy) is 1. The zero-order chi connectivity index (χ0) is 24.1. The molecule has 8 heteroatoms. The van der Waals surface area contributed by atoms with E-state index in [0.717, 1.165) is 24.0 Å². The number of para-hydroxylation sites is 1. The average molecular weight is 462 g/mol. The molecule has 1 fully saturated rings. The molecule has 1 aliphatic carbocycles. The zero-order valence-electron chi connectivity index (χ0n) is 19.4.